The first kappa shape index (κ1) is 13.9. The third-order valence-corrected chi connectivity index (χ3v) is 3.54. The fourth-order valence-electron chi connectivity index (χ4n) is 2.46. The number of hydrogen-bond acceptors (Lipinski definition) is 6. The number of hydrogen-bond donors (Lipinski definition) is 3. The number of halogens is 1. The van der Waals surface area contributed by atoms with E-state index in [9.17, 15) is 9.50 Å². The van der Waals surface area contributed by atoms with Crippen molar-refractivity contribution >= 4 is 5.95 Å². The number of aliphatic hydroxyl groups excluding tert-OH is 1. The van der Waals surface area contributed by atoms with Crippen LogP contribution in [0.3, 0.4) is 0 Å². The van der Waals surface area contributed by atoms with Gasteiger partial charge in [-0.3, -0.25) is 5.10 Å². The fourth-order valence-corrected chi connectivity index (χ4v) is 2.46. The highest BCUT2D eigenvalue weighted by Gasteiger charge is 2.20. The molecule has 1 fully saturated rings. The van der Waals surface area contributed by atoms with Crippen molar-refractivity contribution in [1.29, 1.82) is 0 Å². The highest BCUT2D eigenvalue weighted by molar-refractivity contribution is 5.66. The van der Waals surface area contributed by atoms with E-state index < -0.39 is 5.82 Å². The number of rotatable bonds is 3. The van der Waals surface area contributed by atoms with Crippen molar-refractivity contribution in [3.05, 3.63) is 23.4 Å². The Labute approximate surface area is 121 Å². The molecule has 3 N–H and O–H groups in total. The first-order valence-electron chi connectivity index (χ1n) is 6.84. The van der Waals surface area contributed by atoms with Gasteiger partial charge in [0.2, 0.25) is 5.95 Å². The summed E-state index contributed by atoms with van der Waals surface area (Å²) in [6.07, 6.45) is 1.17. The Balaban J connectivity index is 2.03. The van der Waals surface area contributed by atoms with Crippen LogP contribution < -0.4 is 10.2 Å². The zero-order valence-corrected chi connectivity index (χ0v) is 11.7. The van der Waals surface area contributed by atoms with Gasteiger partial charge in [0.15, 0.2) is 5.82 Å². The molecule has 0 radical (unpaired) electrons. The second-order valence-corrected chi connectivity index (χ2v) is 4.93. The van der Waals surface area contributed by atoms with E-state index in [0.717, 1.165) is 26.2 Å². The molecular formula is C13H17FN6O. The molecule has 0 aliphatic carbocycles. The van der Waals surface area contributed by atoms with Crippen LogP contribution in [0.2, 0.25) is 0 Å². The molecule has 0 spiro atoms. The monoisotopic (exact) mass is 292 g/mol. The molecule has 8 heteroatoms. The van der Waals surface area contributed by atoms with Crippen LogP contribution in [-0.2, 0) is 6.61 Å². The lowest BCUT2D eigenvalue weighted by atomic mass is 10.1. The Morgan fingerprint density at radius 3 is 2.86 bits per heavy atom. The fraction of sp³-hybridized carbons (Fsp3) is 0.462. The predicted octanol–water partition coefficient (Wildman–Crippen LogP) is 0.216. The third-order valence-electron chi connectivity index (χ3n) is 3.54. The van der Waals surface area contributed by atoms with Gasteiger partial charge in [0.05, 0.1) is 18.5 Å². The maximum absolute atomic E-state index is 14.1. The zero-order chi connectivity index (χ0) is 14.8. The lowest BCUT2D eigenvalue weighted by Gasteiger charge is -2.27. The topological polar surface area (TPSA) is 90.0 Å². The molecule has 0 unspecified atom stereocenters. The number of piperazine rings is 1. The molecule has 1 aliphatic heterocycles. The minimum atomic E-state index is -0.520. The molecule has 0 amide bonds. The molecule has 0 bridgehead atoms. The van der Waals surface area contributed by atoms with Crippen molar-refractivity contribution in [2.24, 2.45) is 0 Å². The normalized spacial score (nSPS) is 15.5. The number of aromatic nitrogens is 4. The van der Waals surface area contributed by atoms with Gasteiger partial charge in [-0.2, -0.15) is 5.10 Å². The first-order valence-corrected chi connectivity index (χ1v) is 6.84. The highest BCUT2D eigenvalue weighted by atomic mass is 19.1. The molecule has 21 heavy (non-hydrogen) atoms. The molecular weight excluding hydrogens is 275 g/mol. The molecule has 1 saturated heterocycles. The number of anilines is 1. The quantitative estimate of drug-likeness (QED) is 0.749. The summed E-state index contributed by atoms with van der Waals surface area (Å²) in [5, 5.41) is 19.3. The molecule has 2 aromatic rings. The van der Waals surface area contributed by atoms with Gasteiger partial charge in [-0.25, -0.2) is 14.4 Å². The van der Waals surface area contributed by atoms with Crippen LogP contribution in [0.15, 0.2) is 6.20 Å². The Kier molecular flexibility index (Phi) is 3.80. The molecule has 2 aromatic heterocycles. The van der Waals surface area contributed by atoms with Crippen molar-refractivity contribution in [2.45, 2.75) is 13.5 Å². The van der Waals surface area contributed by atoms with Gasteiger partial charge >= 0.3 is 0 Å². The molecule has 3 rings (SSSR count). The van der Waals surface area contributed by atoms with Crippen molar-refractivity contribution in [3.63, 3.8) is 0 Å². The smallest absolute Gasteiger partial charge is 0.226 e. The number of aromatic amines is 1. The van der Waals surface area contributed by atoms with Crippen molar-refractivity contribution in [3.8, 4) is 11.3 Å². The Bertz CT molecular complexity index is 638. The van der Waals surface area contributed by atoms with Crippen LogP contribution in [0.25, 0.3) is 11.3 Å². The molecule has 0 atom stereocenters. The summed E-state index contributed by atoms with van der Waals surface area (Å²) in [6.45, 7) is 4.76. The van der Waals surface area contributed by atoms with E-state index in [1.165, 1.54) is 6.20 Å². The molecule has 0 aromatic carbocycles. The molecule has 1 aliphatic rings. The third kappa shape index (κ3) is 2.59. The summed E-state index contributed by atoms with van der Waals surface area (Å²) in [7, 11) is 0. The van der Waals surface area contributed by atoms with Gasteiger partial charge in [0.25, 0.3) is 0 Å². The van der Waals surface area contributed by atoms with Gasteiger partial charge in [-0.1, -0.05) is 0 Å². The van der Waals surface area contributed by atoms with Crippen molar-refractivity contribution in [1.82, 2.24) is 25.5 Å². The average molecular weight is 292 g/mol. The number of H-pyrrole nitrogens is 1. The Morgan fingerprint density at radius 2 is 2.14 bits per heavy atom. The number of nitrogens with one attached hydrogen (secondary N) is 2. The summed E-state index contributed by atoms with van der Waals surface area (Å²) < 4.78 is 14.1. The minimum Gasteiger partial charge on any atom is -0.390 e. The largest absolute Gasteiger partial charge is 0.390 e. The predicted molar refractivity (Wildman–Crippen MR) is 75.3 cm³/mol. The van der Waals surface area contributed by atoms with Gasteiger partial charge in [-0.15, -0.1) is 0 Å². The molecule has 112 valence electrons. The Hall–Kier alpha value is -2.06. The number of aryl methyl sites for hydroxylation is 1. The van der Waals surface area contributed by atoms with Crippen molar-refractivity contribution in [2.75, 3.05) is 31.1 Å². The summed E-state index contributed by atoms with van der Waals surface area (Å²) in [5.74, 6) is -0.0227. The van der Waals surface area contributed by atoms with E-state index in [0.29, 0.717) is 22.9 Å². The molecule has 3 heterocycles. The van der Waals surface area contributed by atoms with E-state index >= 15 is 0 Å². The summed E-state index contributed by atoms with van der Waals surface area (Å²) in [6, 6.07) is 0. The van der Waals surface area contributed by atoms with Crippen LogP contribution in [0.1, 0.15) is 11.4 Å². The van der Waals surface area contributed by atoms with E-state index in [4.69, 9.17) is 0 Å². The summed E-state index contributed by atoms with van der Waals surface area (Å²) in [4.78, 5) is 10.4. The summed E-state index contributed by atoms with van der Waals surface area (Å²) in [5.41, 5.74) is 1.74. The van der Waals surface area contributed by atoms with E-state index in [-0.39, 0.29) is 12.3 Å². The second-order valence-electron chi connectivity index (χ2n) is 4.93. The lowest BCUT2D eigenvalue weighted by molar-refractivity contribution is 0.277. The summed E-state index contributed by atoms with van der Waals surface area (Å²) >= 11 is 0. The second kappa shape index (κ2) is 5.74. The Morgan fingerprint density at radius 1 is 1.38 bits per heavy atom. The number of nitrogens with zero attached hydrogens (tertiary/aromatic N) is 4. The van der Waals surface area contributed by atoms with E-state index in [1.807, 2.05) is 4.90 Å². The highest BCUT2D eigenvalue weighted by Crippen LogP contribution is 2.27. The van der Waals surface area contributed by atoms with Crippen LogP contribution in [0.5, 0.6) is 0 Å². The average Bonchev–Trinajstić information content (AvgIpc) is 2.89. The van der Waals surface area contributed by atoms with Crippen molar-refractivity contribution < 1.29 is 9.50 Å². The van der Waals surface area contributed by atoms with Crippen LogP contribution >= 0.6 is 0 Å². The molecule has 0 saturated carbocycles. The van der Waals surface area contributed by atoms with Crippen LogP contribution in [-0.4, -0.2) is 51.5 Å². The van der Waals surface area contributed by atoms with E-state index in [1.54, 1.807) is 6.92 Å². The minimum absolute atomic E-state index is 0.175. The molecule has 7 nitrogen and oxygen atoms in total. The van der Waals surface area contributed by atoms with Gasteiger partial charge in [-0.05, 0) is 6.92 Å². The van der Waals surface area contributed by atoms with Gasteiger partial charge in [0, 0.05) is 37.4 Å². The lowest BCUT2D eigenvalue weighted by Crippen LogP contribution is -2.44. The van der Waals surface area contributed by atoms with E-state index in [2.05, 4.69) is 25.5 Å². The standard InChI is InChI=1S/C13H17FN6O/c1-8-11(10(7-21)19-18-8)12-9(14)6-16-13(17-12)20-4-2-15-3-5-20/h6,15,21H,2-5,7H2,1H3,(H,18,19). The van der Waals surface area contributed by atoms with Gasteiger partial charge in [0.1, 0.15) is 5.69 Å². The maximum Gasteiger partial charge on any atom is 0.226 e. The van der Waals surface area contributed by atoms with Crippen LogP contribution in [0, 0.1) is 12.7 Å². The zero-order valence-electron chi connectivity index (χ0n) is 11.7. The van der Waals surface area contributed by atoms with Gasteiger partial charge < -0.3 is 15.3 Å². The number of aliphatic hydroxyl groups is 1. The maximum atomic E-state index is 14.1. The SMILES string of the molecule is Cc1[nH]nc(CO)c1-c1nc(N2CCNCC2)ncc1F. The first-order chi connectivity index (χ1) is 10.2. The van der Waals surface area contributed by atoms with Crippen LogP contribution in [0.4, 0.5) is 10.3 Å².